The summed E-state index contributed by atoms with van der Waals surface area (Å²) in [6.45, 7) is 0. The van der Waals surface area contributed by atoms with Crippen LogP contribution in [0.5, 0.6) is 0 Å². The van der Waals surface area contributed by atoms with Gasteiger partial charge in [0.25, 0.3) is 0 Å². The molecular weight excluding hydrogens is 360 g/mol. The summed E-state index contributed by atoms with van der Waals surface area (Å²) in [4.78, 5) is 13.2. The van der Waals surface area contributed by atoms with Crippen LogP contribution in [0.15, 0.2) is 60.9 Å². The standard InChI is InChI=1S/C20H10N4S2/c21-9-13-1-3-15(23-11-13)17-5-7-19(25-17)20-8-6-18(26-20)16-4-2-14(10-22)12-24-16/h1-8,11-12H. The van der Waals surface area contributed by atoms with E-state index in [4.69, 9.17) is 10.5 Å². The minimum atomic E-state index is 0.559. The Hall–Kier alpha value is -3.32. The number of nitrogens with zero attached hydrogens (tertiary/aromatic N) is 4. The van der Waals surface area contributed by atoms with Gasteiger partial charge in [0, 0.05) is 22.1 Å². The zero-order valence-corrected chi connectivity index (χ0v) is 15.0. The highest BCUT2D eigenvalue weighted by atomic mass is 32.1. The molecule has 6 heteroatoms. The second-order valence-corrected chi connectivity index (χ2v) is 7.58. The molecule has 4 rings (SSSR count). The Morgan fingerprint density at radius 3 is 1.35 bits per heavy atom. The normalized spacial score (nSPS) is 10.2. The summed E-state index contributed by atoms with van der Waals surface area (Å²) >= 11 is 3.34. The Labute approximate surface area is 158 Å². The molecule has 0 aliphatic carbocycles. The molecule has 0 amide bonds. The summed E-state index contributed by atoms with van der Waals surface area (Å²) < 4.78 is 0. The van der Waals surface area contributed by atoms with Gasteiger partial charge in [0.1, 0.15) is 12.1 Å². The first-order valence-electron chi connectivity index (χ1n) is 7.70. The highest BCUT2D eigenvalue weighted by Gasteiger charge is 2.10. The molecule has 122 valence electrons. The fourth-order valence-electron chi connectivity index (χ4n) is 2.43. The first-order valence-corrected chi connectivity index (χ1v) is 9.33. The van der Waals surface area contributed by atoms with Crippen molar-refractivity contribution in [3.63, 3.8) is 0 Å². The van der Waals surface area contributed by atoms with E-state index >= 15 is 0 Å². The molecule has 4 aromatic rings. The van der Waals surface area contributed by atoms with Gasteiger partial charge in [0.15, 0.2) is 0 Å². The van der Waals surface area contributed by atoms with Crippen molar-refractivity contribution < 1.29 is 0 Å². The first kappa shape index (κ1) is 16.2. The minimum absolute atomic E-state index is 0.559. The molecule has 26 heavy (non-hydrogen) atoms. The third kappa shape index (κ3) is 3.12. The quantitative estimate of drug-likeness (QED) is 0.487. The number of hydrogen-bond donors (Lipinski definition) is 0. The summed E-state index contributed by atoms with van der Waals surface area (Å²) in [5.41, 5.74) is 2.85. The molecule has 0 saturated heterocycles. The van der Waals surface area contributed by atoms with Gasteiger partial charge in [-0.2, -0.15) is 10.5 Å². The number of nitriles is 2. The highest BCUT2D eigenvalue weighted by Crippen LogP contribution is 2.39. The van der Waals surface area contributed by atoms with E-state index in [1.165, 1.54) is 0 Å². The molecule has 0 bridgehead atoms. The van der Waals surface area contributed by atoms with Gasteiger partial charge in [-0.1, -0.05) is 0 Å². The Bertz CT molecular complexity index is 1050. The number of aromatic nitrogens is 2. The van der Waals surface area contributed by atoms with Crippen LogP contribution in [0.25, 0.3) is 30.9 Å². The van der Waals surface area contributed by atoms with Crippen molar-refractivity contribution in [2.75, 3.05) is 0 Å². The number of rotatable bonds is 3. The van der Waals surface area contributed by atoms with Crippen molar-refractivity contribution >= 4 is 22.7 Å². The molecular formula is C20H10N4S2. The zero-order chi connectivity index (χ0) is 17.9. The van der Waals surface area contributed by atoms with Crippen molar-refractivity contribution in [3.05, 3.63) is 72.1 Å². The maximum atomic E-state index is 8.87. The van der Waals surface area contributed by atoms with Gasteiger partial charge < -0.3 is 0 Å². The zero-order valence-electron chi connectivity index (χ0n) is 13.4. The van der Waals surface area contributed by atoms with Crippen molar-refractivity contribution in [1.82, 2.24) is 9.97 Å². The highest BCUT2D eigenvalue weighted by molar-refractivity contribution is 7.25. The molecule has 0 saturated carbocycles. The summed E-state index contributed by atoms with van der Waals surface area (Å²) in [5, 5.41) is 17.7. The molecule has 0 aliphatic heterocycles. The SMILES string of the molecule is N#Cc1ccc(-c2ccc(-c3ccc(-c4ccc(C#N)cn4)s3)s2)nc1. The lowest BCUT2D eigenvalue weighted by atomic mass is 10.2. The number of pyridine rings is 2. The van der Waals surface area contributed by atoms with E-state index in [-0.39, 0.29) is 0 Å². The molecule has 4 aromatic heterocycles. The lowest BCUT2D eigenvalue weighted by Crippen LogP contribution is -1.81. The fraction of sp³-hybridized carbons (Fsp3) is 0. The monoisotopic (exact) mass is 370 g/mol. The second-order valence-electron chi connectivity index (χ2n) is 5.42. The average Bonchev–Trinajstić information content (AvgIpc) is 3.38. The van der Waals surface area contributed by atoms with Crippen LogP contribution in [-0.2, 0) is 0 Å². The van der Waals surface area contributed by atoms with Gasteiger partial charge in [0.05, 0.1) is 32.3 Å². The molecule has 0 N–H and O–H groups in total. The largest absolute Gasteiger partial charge is 0.254 e. The van der Waals surface area contributed by atoms with Crippen LogP contribution in [0, 0.1) is 22.7 Å². The van der Waals surface area contributed by atoms with Crippen LogP contribution in [0.1, 0.15) is 11.1 Å². The van der Waals surface area contributed by atoms with Gasteiger partial charge in [-0.15, -0.1) is 22.7 Å². The van der Waals surface area contributed by atoms with Crippen molar-refractivity contribution in [2.45, 2.75) is 0 Å². The van der Waals surface area contributed by atoms with E-state index in [0.717, 1.165) is 30.9 Å². The third-order valence-corrected chi connectivity index (χ3v) is 6.16. The van der Waals surface area contributed by atoms with Gasteiger partial charge in [0.2, 0.25) is 0 Å². The predicted molar refractivity (Wildman–Crippen MR) is 104 cm³/mol. The Balaban J connectivity index is 1.61. The van der Waals surface area contributed by atoms with E-state index in [9.17, 15) is 0 Å². The van der Waals surface area contributed by atoms with Crippen LogP contribution in [0.2, 0.25) is 0 Å². The summed E-state index contributed by atoms with van der Waals surface area (Å²) in [6.07, 6.45) is 3.18. The molecule has 0 fully saturated rings. The fourth-order valence-corrected chi connectivity index (χ4v) is 4.48. The Morgan fingerprint density at radius 1 is 0.577 bits per heavy atom. The summed E-state index contributed by atoms with van der Waals surface area (Å²) in [5.74, 6) is 0. The van der Waals surface area contributed by atoms with Gasteiger partial charge in [-0.05, 0) is 48.5 Å². The van der Waals surface area contributed by atoms with E-state index < -0.39 is 0 Å². The second kappa shape index (κ2) is 6.89. The van der Waals surface area contributed by atoms with Crippen LogP contribution < -0.4 is 0 Å². The van der Waals surface area contributed by atoms with E-state index in [1.807, 2.05) is 24.3 Å². The van der Waals surface area contributed by atoms with Crippen LogP contribution in [0.4, 0.5) is 0 Å². The van der Waals surface area contributed by atoms with E-state index in [2.05, 4.69) is 34.2 Å². The smallest absolute Gasteiger partial charge is 0.101 e. The molecule has 0 atom stereocenters. The molecule has 0 radical (unpaired) electrons. The predicted octanol–water partition coefficient (Wildman–Crippen LogP) is 5.34. The van der Waals surface area contributed by atoms with Gasteiger partial charge in [-0.3, -0.25) is 9.97 Å². The van der Waals surface area contributed by atoms with E-state index in [0.29, 0.717) is 11.1 Å². The summed E-state index contributed by atoms with van der Waals surface area (Å²) in [6, 6.07) is 19.7. The number of hydrogen-bond acceptors (Lipinski definition) is 6. The number of thiophene rings is 2. The topological polar surface area (TPSA) is 73.4 Å². The van der Waals surface area contributed by atoms with Crippen molar-refractivity contribution in [1.29, 1.82) is 10.5 Å². The maximum Gasteiger partial charge on any atom is 0.101 e. The molecule has 4 nitrogen and oxygen atoms in total. The molecule has 4 heterocycles. The average molecular weight is 370 g/mol. The molecule has 0 unspecified atom stereocenters. The van der Waals surface area contributed by atoms with Crippen molar-refractivity contribution in [2.24, 2.45) is 0 Å². The lowest BCUT2D eigenvalue weighted by Gasteiger charge is -1.96. The summed E-state index contributed by atoms with van der Waals surface area (Å²) in [7, 11) is 0. The van der Waals surface area contributed by atoms with Gasteiger partial charge in [-0.25, -0.2) is 0 Å². The van der Waals surface area contributed by atoms with Gasteiger partial charge >= 0.3 is 0 Å². The third-order valence-electron chi connectivity index (χ3n) is 3.74. The maximum absolute atomic E-state index is 8.87. The lowest BCUT2D eigenvalue weighted by molar-refractivity contribution is 1.31. The van der Waals surface area contributed by atoms with Crippen LogP contribution >= 0.6 is 22.7 Å². The van der Waals surface area contributed by atoms with Crippen LogP contribution in [0.3, 0.4) is 0 Å². The first-order chi connectivity index (χ1) is 12.8. The van der Waals surface area contributed by atoms with Crippen LogP contribution in [-0.4, -0.2) is 9.97 Å². The molecule has 0 aromatic carbocycles. The van der Waals surface area contributed by atoms with E-state index in [1.54, 1.807) is 47.2 Å². The van der Waals surface area contributed by atoms with Crippen molar-refractivity contribution in [3.8, 4) is 43.0 Å². The molecule has 0 aliphatic rings. The Kier molecular flexibility index (Phi) is 4.28. The molecule has 0 spiro atoms. The Morgan fingerprint density at radius 2 is 1.00 bits per heavy atom. The minimum Gasteiger partial charge on any atom is -0.254 e.